The average molecular weight is 422 g/mol. The van der Waals surface area contributed by atoms with Crippen LogP contribution in [0.15, 0.2) is 77.9 Å². The van der Waals surface area contributed by atoms with Crippen LogP contribution in [-0.4, -0.2) is 29.1 Å². The normalized spacial score (nSPS) is 12.8. The molecule has 1 aliphatic heterocycles. The second-order valence-electron chi connectivity index (χ2n) is 7.86. The number of hydrogen-bond acceptors (Lipinski definition) is 3. The van der Waals surface area contributed by atoms with Crippen LogP contribution in [0.5, 0.6) is 0 Å². The smallest absolute Gasteiger partial charge is 0.260 e. The molecule has 6 heteroatoms. The molecular weight excluding hydrogens is 400 g/mol. The molecule has 3 aromatic carbocycles. The number of nitrogens with zero attached hydrogens (tertiary/aromatic N) is 3. The molecular formula is C26H22N4O2. The molecule has 2 heterocycles. The van der Waals surface area contributed by atoms with E-state index in [0.717, 1.165) is 39.1 Å². The van der Waals surface area contributed by atoms with E-state index in [9.17, 15) is 9.59 Å². The van der Waals surface area contributed by atoms with Gasteiger partial charge < -0.3 is 4.57 Å². The van der Waals surface area contributed by atoms with Gasteiger partial charge in [-0.1, -0.05) is 42.5 Å². The van der Waals surface area contributed by atoms with E-state index in [1.54, 1.807) is 12.3 Å². The molecule has 0 radical (unpaired) electrons. The minimum atomic E-state index is -0.351. The monoisotopic (exact) mass is 422 g/mol. The Morgan fingerprint density at radius 2 is 1.75 bits per heavy atom. The van der Waals surface area contributed by atoms with Crippen LogP contribution in [0.1, 0.15) is 27.3 Å². The summed E-state index contributed by atoms with van der Waals surface area (Å²) in [6.07, 6.45) is 1.64. The predicted molar refractivity (Wildman–Crippen MR) is 127 cm³/mol. The van der Waals surface area contributed by atoms with Crippen LogP contribution in [-0.2, 0) is 4.79 Å². The molecule has 32 heavy (non-hydrogen) atoms. The fraction of sp³-hybridized carbons (Fsp3) is 0.115. The number of nitrogens with one attached hydrogen (secondary N) is 1. The molecule has 0 saturated carbocycles. The number of para-hydroxylation sites is 1. The van der Waals surface area contributed by atoms with Gasteiger partial charge in [-0.3, -0.25) is 14.5 Å². The molecule has 0 unspecified atom stereocenters. The molecule has 158 valence electrons. The van der Waals surface area contributed by atoms with E-state index < -0.39 is 0 Å². The third-order valence-electron chi connectivity index (χ3n) is 5.83. The second kappa shape index (κ2) is 7.81. The van der Waals surface area contributed by atoms with Gasteiger partial charge in [-0.25, -0.2) is 5.43 Å². The zero-order valence-corrected chi connectivity index (χ0v) is 17.9. The summed E-state index contributed by atoms with van der Waals surface area (Å²) in [5, 5.41) is 6.02. The first-order valence-electron chi connectivity index (χ1n) is 10.4. The van der Waals surface area contributed by atoms with E-state index in [4.69, 9.17) is 0 Å². The van der Waals surface area contributed by atoms with Crippen molar-refractivity contribution in [3.8, 4) is 5.69 Å². The molecule has 0 aliphatic carbocycles. The van der Waals surface area contributed by atoms with Crippen molar-refractivity contribution in [1.29, 1.82) is 0 Å². The number of hydrogen-bond donors (Lipinski definition) is 1. The Hall–Kier alpha value is -4.19. The fourth-order valence-corrected chi connectivity index (χ4v) is 4.38. The summed E-state index contributed by atoms with van der Waals surface area (Å²) in [5.74, 6) is -0.515. The van der Waals surface area contributed by atoms with Crippen LogP contribution in [0.4, 0.5) is 5.69 Å². The van der Waals surface area contributed by atoms with Crippen LogP contribution in [0.2, 0.25) is 0 Å². The lowest BCUT2D eigenvalue weighted by molar-refractivity contribution is -0.119. The molecule has 0 bridgehead atoms. The summed E-state index contributed by atoms with van der Waals surface area (Å²) in [6.45, 7) is 3.96. The van der Waals surface area contributed by atoms with Gasteiger partial charge in [-0.05, 0) is 49.6 Å². The minimum absolute atomic E-state index is 0.0903. The summed E-state index contributed by atoms with van der Waals surface area (Å²) in [5.41, 5.74) is 8.05. The number of amides is 2. The molecule has 1 aromatic heterocycles. The second-order valence-corrected chi connectivity index (χ2v) is 7.86. The number of aromatic nitrogens is 1. The van der Waals surface area contributed by atoms with Gasteiger partial charge in [-0.2, -0.15) is 5.10 Å². The lowest BCUT2D eigenvalue weighted by Crippen LogP contribution is -2.37. The van der Waals surface area contributed by atoms with Crippen molar-refractivity contribution in [2.45, 2.75) is 13.8 Å². The third kappa shape index (κ3) is 3.26. The standard InChI is InChI=1S/C26H22N4O2/c1-17-14-20(18(2)30(17)21-10-4-3-5-11-21)15-27-28-24(31)16-29-23-13-7-9-19-8-6-12-22(25(19)23)26(29)32/h3-15H,16H2,1-2H3,(H,28,31)/b27-15-. The Balaban J connectivity index is 1.31. The molecule has 1 N–H and O–H groups in total. The van der Waals surface area contributed by atoms with Crippen molar-refractivity contribution in [3.05, 3.63) is 95.3 Å². The summed E-state index contributed by atoms with van der Waals surface area (Å²) in [7, 11) is 0. The maximum absolute atomic E-state index is 12.8. The summed E-state index contributed by atoms with van der Waals surface area (Å²) < 4.78 is 2.14. The highest BCUT2D eigenvalue weighted by Gasteiger charge is 2.30. The van der Waals surface area contributed by atoms with Gasteiger partial charge in [-0.15, -0.1) is 0 Å². The van der Waals surface area contributed by atoms with E-state index >= 15 is 0 Å². The molecule has 0 atom stereocenters. The lowest BCUT2D eigenvalue weighted by Gasteiger charge is -2.16. The molecule has 0 spiro atoms. The molecule has 0 fully saturated rings. The van der Waals surface area contributed by atoms with Crippen molar-refractivity contribution in [2.24, 2.45) is 5.10 Å². The highest BCUT2D eigenvalue weighted by molar-refractivity contribution is 6.26. The Morgan fingerprint density at radius 3 is 2.53 bits per heavy atom. The average Bonchev–Trinajstić information content (AvgIpc) is 3.24. The SMILES string of the molecule is Cc1cc(/C=N\NC(=O)CN2C(=O)c3cccc4cccc2c34)c(C)n1-c1ccccc1. The number of hydrazone groups is 1. The van der Waals surface area contributed by atoms with E-state index in [1.165, 1.54) is 4.90 Å². The highest BCUT2D eigenvalue weighted by atomic mass is 16.2. The highest BCUT2D eigenvalue weighted by Crippen LogP contribution is 2.36. The molecule has 2 amide bonds. The first kappa shape index (κ1) is 19.8. The van der Waals surface area contributed by atoms with Gasteiger partial charge in [0.2, 0.25) is 0 Å². The summed E-state index contributed by atoms with van der Waals surface area (Å²) in [4.78, 5) is 26.9. The van der Waals surface area contributed by atoms with E-state index in [2.05, 4.69) is 15.1 Å². The molecule has 6 nitrogen and oxygen atoms in total. The Kier molecular flexibility index (Phi) is 4.82. The van der Waals surface area contributed by atoms with Crippen molar-refractivity contribution in [1.82, 2.24) is 9.99 Å². The fourth-order valence-electron chi connectivity index (χ4n) is 4.38. The van der Waals surface area contributed by atoms with Gasteiger partial charge in [0.25, 0.3) is 11.8 Å². The van der Waals surface area contributed by atoms with E-state index in [0.29, 0.717) is 5.56 Å². The zero-order valence-electron chi connectivity index (χ0n) is 17.9. The summed E-state index contributed by atoms with van der Waals surface area (Å²) in [6, 6.07) is 23.5. The Bertz CT molecular complexity index is 1380. The van der Waals surface area contributed by atoms with Crippen molar-refractivity contribution >= 4 is 34.5 Å². The molecule has 0 saturated heterocycles. The van der Waals surface area contributed by atoms with Crippen LogP contribution in [0.25, 0.3) is 16.5 Å². The van der Waals surface area contributed by atoms with E-state index in [1.807, 2.05) is 80.6 Å². The molecule has 1 aliphatic rings. The number of benzene rings is 3. The topological polar surface area (TPSA) is 66.7 Å². The van der Waals surface area contributed by atoms with Gasteiger partial charge >= 0.3 is 0 Å². The first-order valence-corrected chi connectivity index (χ1v) is 10.4. The number of rotatable bonds is 5. The first-order chi connectivity index (χ1) is 15.5. The number of aryl methyl sites for hydroxylation is 1. The van der Waals surface area contributed by atoms with Gasteiger partial charge in [0, 0.05) is 33.6 Å². The van der Waals surface area contributed by atoms with Gasteiger partial charge in [0.15, 0.2) is 0 Å². The maximum atomic E-state index is 12.8. The molecule has 4 aromatic rings. The lowest BCUT2D eigenvalue weighted by atomic mass is 10.1. The predicted octanol–water partition coefficient (Wildman–Crippen LogP) is 4.36. The number of anilines is 1. The summed E-state index contributed by atoms with van der Waals surface area (Å²) >= 11 is 0. The Morgan fingerprint density at radius 1 is 1.00 bits per heavy atom. The van der Waals surface area contributed by atoms with Crippen LogP contribution in [0, 0.1) is 13.8 Å². The number of carbonyl (C=O) groups excluding carboxylic acids is 2. The van der Waals surface area contributed by atoms with Crippen molar-refractivity contribution in [2.75, 3.05) is 11.4 Å². The maximum Gasteiger partial charge on any atom is 0.260 e. The zero-order chi connectivity index (χ0) is 22.2. The van der Waals surface area contributed by atoms with Crippen LogP contribution in [0.3, 0.4) is 0 Å². The third-order valence-corrected chi connectivity index (χ3v) is 5.83. The number of carbonyl (C=O) groups is 2. The van der Waals surface area contributed by atoms with Crippen LogP contribution < -0.4 is 10.3 Å². The Labute approximate surface area is 185 Å². The minimum Gasteiger partial charge on any atom is -0.318 e. The quantitative estimate of drug-likeness (QED) is 0.384. The molecule has 5 rings (SSSR count). The van der Waals surface area contributed by atoms with Crippen molar-refractivity contribution in [3.63, 3.8) is 0 Å². The van der Waals surface area contributed by atoms with Gasteiger partial charge in [0.05, 0.1) is 11.9 Å². The van der Waals surface area contributed by atoms with Crippen molar-refractivity contribution < 1.29 is 9.59 Å². The van der Waals surface area contributed by atoms with Gasteiger partial charge in [0.1, 0.15) is 6.54 Å². The largest absolute Gasteiger partial charge is 0.318 e. The van der Waals surface area contributed by atoms with E-state index in [-0.39, 0.29) is 18.4 Å². The van der Waals surface area contributed by atoms with Crippen LogP contribution >= 0.6 is 0 Å².